The van der Waals surface area contributed by atoms with Crippen LogP contribution in [-0.4, -0.2) is 23.9 Å². The van der Waals surface area contributed by atoms with Gasteiger partial charge >= 0.3 is 18.5 Å². The lowest BCUT2D eigenvalue weighted by Gasteiger charge is -2.20. The second kappa shape index (κ2) is 11.1. The van der Waals surface area contributed by atoms with Crippen molar-refractivity contribution in [3.8, 4) is 5.75 Å². The Morgan fingerprint density at radius 3 is 2.05 bits per heavy atom. The lowest BCUT2D eigenvalue weighted by molar-refractivity contribution is -0.198. The molecule has 1 atom stereocenters. The van der Waals surface area contributed by atoms with Crippen molar-refractivity contribution in [2.75, 3.05) is 11.9 Å². The van der Waals surface area contributed by atoms with Crippen molar-refractivity contribution in [3.05, 3.63) is 94.3 Å². The minimum Gasteiger partial charge on any atom is -0.489 e. The first-order valence-corrected chi connectivity index (χ1v) is 10.8. The Hall–Kier alpha value is -3.48. The minimum atomic E-state index is -4.97. The Balaban J connectivity index is 1.97. The first-order chi connectivity index (χ1) is 17.6. The number of nitrogens with one attached hydrogen (secondary N) is 1. The van der Waals surface area contributed by atoms with E-state index in [9.17, 15) is 49.0 Å². The lowest BCUT2D eigenvalue weighted by Crippen LogP contribution is -2.35. The molecule has 3 rings (SSSR count). The van der Waals surface area contributed by atoms with E-state index in [2.05, 4.69) is 5.32 Å². The van der Waals surface area contributed by atoms with Crippen LogP contribution < -0.4 is 10.1 Å². The number of hydrogen-bond donors (Lipinski definition) is 2. The molecule has 3 aromatic rings. The largest absolute Gasteiger partial charge is 0.489 e. The Bertz CT molecular complexity index is 1250. The van der Waals surface area contributed by atoms with Gasteiger partial charge in [0, 0.05) is 24.2 Å². The van der Waals surface area contributed by atoms with Gasteiger partial charge in [-0.15, -0.1) is 0 Å². The van der Waals surface area contributed by atoms with Crippen LogP contribution in [0.15, 0.2) is 60.7 Å². The fraction of sp³-hybridized carbons (Fsp3) is 0.280. The molecule has 0 aromatic heterocycles. The highest BCUT2D eigenvalue weighted by molar-refractivity contribution is 5.59. The number of alkyl halides is 9. The van der Waals surface area contributed by atoms with E-state index in [4.69, 9.17) is 4.74 Å². The van der Waals surface area contributed by atoms with Crippen LogP contribution in [0.2, 0.25) is 0 Å². The summed E-state index contributed by atoms with van der Waals surface area (Å²) in [5.41, 5.74) is -2.71. The highest BCUT2D eigenvalue weighted by Gasteiger charge is 2.38. The van der Waals surface area contributed by atoms with Gasteiger partial charge in [0.2, 0.25) is 0 Å². The first kappa shape index (κ1) is 29.1. The van der Waals surface area contributed by atoms with Crippen LogP contribution in [0.5, 0.6) is 5.75 Å². The molecule has 1 unspecified atom stereocenters. The second-order valence-electron chi connectivity index (χ2n) is 8.19. The van der Waals surface area contributed by atoms with Gasteiger partial charge in [-0.25, -0.2) is 4.39 Å². The third-order valence-electron chi connectivity index (χ3n) is 5.39. The Kier molecular flexibility index (Phi) is 8.49. The predicted molar refractivity (Wildman–Crippen MR) is 117 cm³/mol. The topological polar surface area (TPSA) is 41.5 Å². The number of halogens is 10. The summed E-state index contributed by atoms with van der Waals surface area (Å²) in [4.78, 5) is 0. The molecule has 3 nitrogen and oxygen atoms in total. The van der Waals surface area contributed by atoms with Gasteiger partial charge in [0.15, 0.2) is 6.10 Å². The number of hydrogen-bond acceptors (Lipinski definition) is 3. The van der Waals surface area contributed by atoms with Crippen LogP contribution in [0.4, 0.5) is 49.6 Å². The van der Waals surface area contributed by atoms with Gasteiger partial charge in [0.1, 0.15) is 18.2 Å². The quantitative estimate of drug-likeness (QED) is 0.285. The Morgan fingerprint density at radius 2 is 1.42 bits per heavy atom. The zero-order valence-corrected chi connectivity index (χ0v) is 19.1. The fourth-order valence-corrected chi connectivity index (χ4v) is 3.45. The average Bonchev–Trinajstić information content (AvgIpc) is 2.81. The molecule has 0 fully saturated rings. The van der Waals surface area contributed by atoms with E-state index in [1.807, 2.05) is 0 Å². The molecule has 0 bridgehead atoms. The molecule has 0 aliphatic heterocycles. The summed E-state index contributed by atoms with van der Waals surface area (Å²) in [7, 11) is 0. The fourth-order valence-electron chi connectivity index (χ4n) is 3.45. The van der Waals surface area contributed by atoms with Gasteiger partial charge in [-0.2, -0.15) is 39.5 Å². The number of benzene rings is 3. The molecule has 38 heavy (non-hydrogen) atoms. The smallest absolute Gasteiger partial charge is 0.416 e. The SMILES string of the molecule is OC(CNc1cccc(OCc2cccc(C(F)(F)F)c2)c1Cc1cc(C(F)(F)F)ccc1F)C(F)(F)F. The number of rotatable bonds is 8. The maximum absolute atomic E-state index is 14.5. The molecule has 0 aliphatic carbocycles. The Morgan fingerprint density at radius 1 is 0.789 bits per heavy atom. The zero-order chi connectivity index (χ0) is 28.3. The molecule has 3 aromatic carbocycles. The van der Waals surface area contributed by atoms with Gasteiger partial charge in [-0.1, -0.05) is 18.2 Å². The van der Waals surface area contributed by atoms with Crippen LogP contribution in [-0.2, 0) is 25.4 Å². The molecular weight excluding hydrogens is 536 g/mol. The highest BCUT2D eigenvalue weighted by atomic mass is 19.4. The van der Waals surface area contributed by atoms with Crippen LogP contribution in [0.3, 0.4) is 0 Å². The molecule has 0 saturated heterocycles. The van der Waals surface area contributed by atoms with E-state index in [-0.39, 0.29) is 22.6 Å². The Labute approximate surface area is 209 Å². The molecular formula is C25H19F10NO2. The lowest BCUT2D eigenvalue weighted by atomic mass is 9.99. The molecule has 0 amide bonds. The number of anilines is 1. The van der Waals surface area contributed by atoms with Crippen LogP contribution in [0.1, 0.15) is 27.8 Å². The van der Waals surface area contributed by atoms with Crippen molar-refractivity contribution in [3.63, 3.8) is 0 Å². The third kappa shape index (κ3) is 7.53. The molecule has 0 saturated carbocycles. The maximum Gasteiger partial charge on any atom is 0.416 e. The van der Waals surface area contributed by atoms with E-state index in [1.165, 1.54) is 24.3 Å². The highest BCUT2D eigenvalue weighted by Crippen LogP contribution is 2.35. The predicted octanol–water partition coefficient (Wildman–Crippen LogP) is 7.37. The minimum absolute atomic E-state index is 0.0712. The standard InChI is InChI=1S/C25H19F10NO2/c26-19-8-7-17(24(30,31)32)10-15(19)11-18-20(36-12-22(37)25(33,34)35)5-2-6-21(18)38-13-14-3-1-4-16(9-14)23(27,28)29/h1-10,22,36-37H,11-13H2. The first-order valence-electron chi connectivity index (χ1n) is 10.8. The molecule has 206 valence electrons. The zero-order valence-electron chi connectivity index (χ0n) is 19.1. The molecule has 0 aliphatic rings. The van der Waals surface area contributed by atoms with Crippen LogP contribution in [0, 0.1) is 5.82 Å². The average molecular weight is 555 g/mol. The van der Waals surface area contributed by atoms with Gasteiger partial charge in [-0.05, 0) is 53.6 Å². The summed E-state index contributed by atoms with van der Waals surface area (Å²) in [5.74, 6) is -1.17. The van der Waals surface area contributed by atoms with E-state index in [0.717, 1.165) is 18.2 Å². The summed E-state index contributed by atoms with van der Waals surface area (Å²) in [5, 5.41) is 11.6. The van der Waals surface area contributed by atoms with Gasteiger partial charge < -0.3 is 15.2 Å². The molecule has 0 radical (unpaired) electrons. The van der Waals surface area contributed by atoms with Crippen molar-refractivity contribution < 1.29 is 53.7 Å². The van der Waals surface area contributed by atoms with Gasteiger partial charge in [0.05, 0.1) is 11.1 Å². The van der Waals surface area contributed by atoms with Crippen molar-refractivity contribution >= 4 is 5.69 Å². The van der Waals surface area contributed by atoms with Crippen molar-refractivity contribution in [1.29, 1.82) is 0 Å². The summed E-state index contributed by atoms with van der Waals surface area (Å²) in [6.07, 6.45) is -17.8. The van der Waals surface area contributed by atoms with E-state index < -0.39 is 66.7 Å². The summed E-state index contributed by atoms with van der Waals surface area (Å²) < 4.78 is 137. The van der Waals surface area contributed by atoms with Crippen molar-refractivity contribution in [1.82, 2.24) is 0 Å². The van der Waals surface area contributed by atoms with Crippen molar-refractivity contribution in [2.45, 2.75) is 37.7 Å². The molecule has 2 N–H and O–H groups in total. The summed E-state index contributed by atoms with van der Waals surface area (Å²) in [6, 6.07) is 9.57. The maximum atomic E-state index is 14.5. The number of aliphatic hydroxyl groups excluding tert-OH is 1. The van der Waals surface area contributed by atoms with Crippen LogP contribution in [0.25, 0.3) is 0 Å². The normalized spacial score (nSPS) is 13.3. The van der Waals surface area contributed by atoms with Gasteiger partial charge in [0.25, 0.3) is 0 Å². The monoisotopic (exact) mass is 555 g/mol. The molecule has 0 heterocycles. The van der Waals surface area contributed by atoms with E-state index in [1.54, 1.807) is 0 Å². The number of aliphatic hydroxyl groups is 1. The summed E-state index contributed by atoms with van der Waals surface area (Å²) in [6.45, 7) is -1.49. The second-order valence-corrected chi connectivity index (χ2v) is 8.19. The van der Waals surface area contributed by atoms with Gasteiger partial charge in [-0.3, -0.25) is 0 Å². The molecule has 13 heteroatoms. The molecule has 0 spiro atoms. The summed E-state index contributed by atoms with van der Waals surface area (Å²) >= 11 is 0. The third-order valence-corrected chi connectivity index (χ3v) is 5.39. The van der Waals surface area contributed by atoms with E-state index in [0.29, 0.717) is 18.2 Å². The van der Waals surface area contributed by atoms with E-state index >= 15 is 0 Å². The number of ether oxygens (including phenoxy) is 1. The van der Waals surface area contributed by atoms with Crippen molar-refractivity contribution in [2.24, 2.45) is 0 Å². The van der Waals surface area contributed by atoms with Crippen LogP contribution >= 0.6 is 0 Å².